The molecule has 29 heavy (non-hydrogen) atoms. The largest absolute Gasteiger partial charge is 0.478 e. The van der Waals surface area contributed by atoms with Gasteiger partial charge in [-0.3, -0.25) is 4.79 Å². The number of anilines is 2. The molecule has 2 N–H and O–H groups in total. The zero-order chi connectivity index (χ0) is 21.9. The summed E-state index contributed by atoms with van der Waals surface area (Å²) >= 11 is 0. The van der Waals surface area contributed by atoms with Crippen molar-refractivity contribution in [1.82, 2.24) is 9.97 Å². The lowest BCUT2D eigenvalue weighted by Crippen LogP contribution is -2.39. The first-order valence-corrected chi connectivity index (χ1v) is 8.79. The van der Waals surface area contributed by atoms with Gasteiger partial charge in [0.05, 0.1) is 5.56 Å². The number of hydrogen-bond acceptors (Lipinski definition) is 5. The van der Waals surface area contributed by atoms with Gasteiger partial charge in [-0.2, -0.15) is 13.2 Å². The van der Waals surface area contributed by atoms with Crippen LogP contribution >= 0.6 is 0 Å². The molecule has 0 unspecified atom stereocenters. The summed E-state index contributed by atoms with van der Waals surface area (Å²) in [7, 11) is 0. The maximum Gasteiger partial charge on any atom is 0.433 e. The van der Waals surface area contributed by atoms with Gasteiger partial charge in [0, 0.05) is 23.8 Å². The van der Waals surface area contributed by atoms with Crippen molar-refractivity contribution in [1.29, 1.82) is 0 Å². The summed E-state index contributed by atoms with van der Waals surface area (Å²) in [5, 5.41) is 11.3. The average Bonchev–Trinajstić information content (AvgIpc) is 2.60. The second-order valence-corrected chi connectivity index (χ2v) is 6.87. The molecule has 1 aromatic carbocycles. The van der Waals surface area contributed by atoms with Crippen molar-refractivity contribution in [2.24, 2.45) is 0 Å². The Morgan fingerprint density at radius 1 is 1.03 bits per heavy atom. The third-order valence-corrected chi connectivity index (χ3v) is 3.97. The lowest BCUT2D eigenvalue weighted by atomic mass is 10.2. The lowest BCUT2D eigenvalue weighted by molar-refractivity contribution is -0.141. The highest BCUT2D eigenvalue weighted by atomic mass is 19.4. The standard InChI is InChI=1S/C19H21F3N4O3/c1-10(2)26(11(3)4)18-24-14(9-15(25-18)19(20,21)22)16(27)23-13-7-5-12(6-8-13)17(28)29/h5-11H,1-4H3,(H,23,27)(H,28,29). The fourth-order valence-corrected chi connectivity index (χ4v) is 2.76. The predicted molar refractivity (Wildman–Crippen MR) is 101 cm³/mol. The zero-order valence-electron chi connectivity index (χ0n) is 16.3. The van der Waals surface area contributed by atoms with E-state index in [0.29, 0.717) is 6.07 Å². The molecule has 2 aromatic rings. The number of carbonyl (C=O) groups excluding carboxylic acids is 1. The van der Waals surface area contributed by atoms with Crippen LogP contribution in [0.2, 0.25) is 0 Å². The van der Waals surface area contributed by atoms with Crippen LogP contribution in [0.1, 0.15) is 54.2 Å². The van der Waals surface area contributed by atoms with E-state index in [0.717, 1.165) is 0 Å². The normalized spacial score (nSPS) is 11.6. The van der Waals surface area contributed by atoms with E-state index in [2.05, 4.69) is 15.3 Å². The van der Waals surface area contributed by atoms with Gasteiger partial charge >= 0.3 is 12.1 Å². The van der Waals surface area contributed by atoms with E-state index >= 15 is 0 Å². The summed E-state index contributed by atoms with van der Waals surface area (Å²) in [5.41, 5.74) is -1.44. The summed E-state index contributed by atoms with van der Waals surface area (Å²) in [6, 6.07) is 5.40. The maximum absolute atomic E-state index is 13.3. The predicted octanol–water partition coefficient (Wildman–Crippen LogP) is 4.07. The molecule has 0 bridgehead atoms. The molecule has 156 valence electrons. The van der Waals surface area contributed by atoms with Crippen LogP contribution in [-0.4, -0.2) is 39.0 Å². The number of amides is 1. The number of nitrogens with one attached hydrogen (secondary N) is 1. The molecule has 1 heterocycles. The van der Waals surface area contributed by atoms with Crippen LogP contribution in [0.3, 0.4) is 0 Å². The minimum atomic E-state index is -4.75. The summed E-state index contributed by atoms with van der Waals surface area (Å²) in [4.78, 5) is 32.6. The van der Waals surface area contributed by atoms with Crippen LogP contribution in [0.5, 0.6) is 0 Å². The van der Waals surface area contributed by atoms with E-state index in [4.69, 9.17) is 5.11 Å². The van der Waals surface area contributed by atoms with Gasteiger partial charge in [-0.1, -0.05) is 0 Å². The smallest absolute Gasteiger partial charge is 0.433 e. The van der Waals surface area contributed by atoms with Crippen LogP contribution in [0, 0.1) is 0 Å². The first kappa shape index (κ1) is 22.1. The van der Waals surface area contributed by atoms with Crippen molar-refractivity contribution in [3.8, 4) is 0 Å². The van der Waals surface area contributed by atoms with Crippen molar-refractivity contribution < 1.29 is 27.9 Å². The number of halogens is 3. The fourth-order valence-electron chi connectivity index (χ4n) is 2.76. The maximum atomic E-state index is 13.3. The zero-order valence-corrected chi connectivity index (χ0v) is 16.3. The molecular weight excluding hydrogens is 389 g/mol. The highest BCUT2D eigenvalue weighted by molar-refractivity contribution is 6.03. The highest BCUT2D eigenvalue weighted by Gasteiger charge is 2.35. The monoisotopic (exact) mass is 410 g/mol. The molecule has 0 saturated heterocycles. The number of aromatic carboxylic acids is 1. The molecule has 1 amide bonds. The summed E-state index contributed by atoms with van der Waals surface area (Å²) in [6.07, 6.45) is -4.75. The Morgan fingerprint density at radius 2 is 1.59 bits per heavy atom. The van der Waals surface area contributed by atoms with Crippen molar-refractivity contribution in [2.45, 2.75) is 46.0 Å². The molecule has 10 heteroatoms. The van der Waals surface area contributed by atoms with Crippen molar-refractivity contribution in [3.05, 3.63) is 47.3 Å². The van der Waals surface area contributed by atoms with Gasteiger partial charge < -0.3 is 15.3 Å². The Balaban J connectivity index is 2.43. The Kier molecular flexibility index (Phi) is 6.45. The van der Waals surface area contributed by atoms with Crippen LogP contribution in [0.4, 0.5) is 24.8 Å². The van der Waals surface area contributed by atoms with Crippen molar-refractivity contribution in [3.63, 3.8) is 0 Å². The third kappa shape index (κ3) is 5.43. The van der Waals surface area contributed by atoms with Crippen LogP contribution in [-0.2, 0) is 6.18 Å². The Hall–Kier alpha value is -3.17. The van der Waals surface area contributed by atoms with Crippen molar-refractivity contribution >= 4 is 23.5 Å². The van der Waals surface area contributed by atoms with E-state index in [1.54, 1.807) is 32.6 Å². The van der Waals surface area contributed by atoms with E-state index in [9.17, 15) is 22.8 Å². The molecule has 0 radical (unpaired) electrons. The molecule has 0 saturated carbocycles. The number of carbonyl (C=O) groups is 2. The molecule has 1 aromatic heterocycles. The number of hydrogen-bond donors (Lipinski definition) is 2. The fraction of sp³-hybridized carbons (Fsp3) is 0.368. The number of rotatable bonds is 6. The first-order valence-electron chi connectivity index (χ1n) is 8.79. The van der Waals surface area contributed by atoms with Crippen molar-refractivity contribution in [2.75, 3.05) is 10.2 Å². The molecule has 0 aliphatic carbocycles. The molecule has 0 spiro atoms. The SMILES string of the molecule is CC(C)N(c1nc(C(=O)Nc2ccc(C(=O)O)cc2)cc(C(F)(F)F)n1)C(C)C. The Morgan fingerprint density at radius 3 is 2.03 bits per heavy atom. The molecule has 0 aliphatic rings. The van der Waals surface area contributed by atoms with E-state index in [1.807, 2.05) is 0 Å². The number of carboxylic acids is 1. The van der Waals surface area contributed by atoms with Crippen LogP contribution < -0.4 is 10.2 Å². The number of carboxylic acid groups (broad SMARTS) is 1. The summed E-state index contributed by atoms with van der Waals surface area (Å²) < 4.78 is 40.0. The quantitative estimate of drug-likeness (QED) is 0.745. The van der Waals surface area contributed by atoms with Gasteiger partial charge in [0.2, 0.25) is 5.95 Å². The Bertz CT molecular complexity index is 889. The van der Waals surface area contributed by atoms with Gasteiger partial charge in [-0.25, -0.2) is 14.8 Å². The topological polar surface area (TPSA) is 95.4 Å². The van der Waals surface area contributed by atoms with Gasteiger partial charge in [-0.05, 0) is 52.0 Å². The molecule has 7 nitrogen and oxygen atoms in total. The van der Waals surface area contributed by atoms with E-state index < -0.39 is 29.4 Å². The van der Waals surface area contributed by atoms with Gasteiger partial charge in [0.15, 0.2) is 5.69 Å². The van der Waals surface area contributed by atoms with E-state index in [-0.39, 0.29) is 29.3 Å². The minimum absolute atomic E-state index is 0.0104. The van der Waals surface area contributed by atoms with E-state index in [1.165, 1.54) is 24.3 Å². The molecular formula is C19H21F3N4O3. The molecule has 0 atom stereocenters. The molecule has 2 rings (SSSR count). The molecule has 0 fully saturated rings. The molecule has 0 aliphatic heterocycles. The Labute approximate surface area is 165 Å². The third-order valence-electron chi connectivity index (χ3n) is 3.97. The highest BCUT2D eigenvalue weighted by Crippen LogP contribution is 2.30. The van der Waals surface area contributed by atoms with Gasteiger partial charge in [0.25, 0.3) is 5.91 Å². The lowest BCUT2D eigenvalue weighted by Gasteiger charge is -2.31. The number of benzene rings is 1. The van der Waals surface area contributed by atoms with Gasteiger partial charge in [-0.15, -0.1) is 0 Å². The second-order valence-electron chi connectivity index (χ2n) is 6.87. The average molecular weight is 410 g/mol. The summed E-state index contributed by atoms with van der Waals surface area (Å²) in [5.74, 6) is -2.20. The number of nitrogens with zero attached hydrogens (tertiary/aromatic N) is 3. The van der Waals surface area contributed by atoms with Crippen LogP contribution in [0.15, 0.2) is 30.3 Å². The second kappa shape index (κ2) is 8.46. The summed E-state index contributed by atoms with van der Waals surface area (Å²) in [6.45, 7) is 7.14. The number of alkyl halides is 3. The van der Waals surface area contributed by atoms with Gasteiger partial charge in [0.1, 0.15) is 5.69 Å². The minimum Gasteiger partial charge on any atom is -0.478 e. The van der Waals surface area contributed by atoms with Crippen LogP contribution in [0.25, 0.3) is 0 Å². The number of aromatic nitrogens is 2. The first-order chi connectivity index (χ1) is 13.4.